The van der Waals surface area contributed by atoms with Gasteiger partial charge in [-0.1, -0.05) is 13.5 Å². The molecule has 0 spiro atoms. The van der Waals surface area contributed by atoms with Crippen molar-refractivity contribution in [2.75, 3.05) is 6.61 Å². The highest BCUT2D eigenvalue weighted by molar-refractivity contribution is 5.86. The normalized spacial score (nSPS) is 13.3. The number of rotatable bonds is 4. The highest BCUT2D eigenvalue weighted by Crippen LogP contribution is 2.52. The number of esters is 1. The van der Waals surface area contributed by atoms with Crippen molar-refractivity contribution in [3.05, 3.63) is 12.2 Å². The Bertz CT molecular complexity index is 314. The number of carbonyl (C=O) groups excluding carboxylic acids is 1. The molecule has 0 aromatic carbocycles. The second-order valence-corrected chi connectivity index (χ2v) is 3.79. The van der Waals surface area contributed by atoms with Crippen LogP contribution in [0.2, 0.25) is 0 Å². The Morgan fingerprint density at radius 3 is 1.72 bits per heavy atom. The van der Waals surface area contributed by atoms with Crippen LogP contribution < -0.4 is 0 Å². The van der Waals surface area contributed by atoms with Crippen LogP contribution in [0.4, 0.5) is 26.3 Å². The third-order valence-electron chi connectivity index (χ3n) is 2.49. The minimum absolute atomic E-state index is 0.274. The molecule has 18 heavy (non-hydrogen) atoms. The van der Waals surface area contributed by atoms with Crippen LogP contribution in [0.15, 0.2) is 12.2 Å². The molecule has 0 rings (SSSR count). The highest BCUT2D eigenvalue weighted by Gasteiger charge is 2.70. The van der Waals surface area contributed by atoms with Crippen molar-refractivity contribution in [1.29, 1.82) is 0 Å². The van der Waals surface area contributed by atoms with Gasteiger partial charge in [-0.3, -0.25) is 0 Å². The van der Waals surface area contributed by atoms with Gasteiger partial charge >= 0.3 is 18.3 Å². The fourth-order valence-corrected chi connectivity index (χ4v) is 1.14. The Labute approximate surface area is 99.6 Å². The van der Waals surface area contributed by atoms with Crippen molar-refractivity contribution in [3.8, 4) is 0 Å². The van der Waals surface area contributed by atoms with Gasteiger partial charge in [-0.05, 0) is 13.3 Å². The van der Waals surface area contributed by atoms with Crippen LogP contribution in [-0.4, -0.2) is 24.9 Å². The summed E-state index contributed by atoms with van der Waals surface area (Å²) in [7, 11) is 0. The average Bonchev–Trinajstić information content (AvgIpc) is 2.14. The molecule has 0 aliphatic carbocycles. The second-order valence-electron chi connectivity index (χ2n) is 3.79. The van der Waals surface area contributed by atoms with Crippen molar-refractivity contribution < 1.29 is 35.9 Å². The van der Waals surface area contributed by atoms with E-state index in [-0.39, 0.29) is 5.57 Å². The number of halogens is 6. The first-order valence-corrected chi connectivity index (χ1v) is 4.85. The molecular weight excluding hydrogens is 266 g/mol. The van der Waals surface area contributed by atoms with Gasteiger partial charge in [0.1, 0.15) is 6.61 Å². The number of ether oxygens (including phenoxy) is 1. The molecule has 0 aromatic rings. The lowest BCUT2D eigenvalue weighted by atomic mass is 9.84. The van der Waals surface area contributed by atoms with E-state index in [9.17, 15) is 31.1 Å². The third kappa shape index (κ3) is 3.17. The van der Waals surface area contributed by atoms with E-state index in [0.717, 1.165) is 13.8 Å². The van der Waals surface area contributed by atoms with Gasteiger partial charge in [0, 0.05) is 5.57 Å². The van der Waals surface area contributed by atoms with Gasteiger partial charge in [0.15, 0.2) is 5.41 Å². The lowest BCUT2D eigenvalue weighted by Gasteiger charge is -2.35. The molecule has 0 unspecified atom stereocenters. The van der Waals surface area contributed by atoms with Gasteiger partial charge in [0.2, 0.25) is 0 Å². The minimum atomic E-state index is -5.56. The third-order valence-corrected chi connectivity index (χ3v) is 2.49. The van der Waals surface area contributed by atoms with Crippen molar-refractivity contribution in [3.63, 3.8) is 0 Å². The smallest absolute Gasteiger partial charge is 0.406 e. The van der Waals surface area contributed by atoms with E-state index in [2.05, 4.69) is 11.3 Å². The van der Waals surface area contributed by atoms with Crippen LogP contribution in [0.1, 0.15) is 20.3 Å². The largest absolute Gasteiger partial charge is 0.461 e. The standard InChI is InChI=1S/C10H12F6O2/c1-4-8(9(11,12)13,10(14,15)16)5-18-7(17)6(2)3/h2,4-5H2,1,3H3. The van der Waals surface area contributed by atoms with Crippen molar-refractivity contribution in [2.24, 2.45) is 5.41 Å². The number of hydrogen-bond donors (Lipinski definition) is 0. The molecule has 0 atom stereocenters. The lowest BCUT2D eigenvalue weighted by molar-refractivity contribution is -0.350. The molecular formula is C10H12F6O2. The van der Waals surface area contributed by atoms with Crippen molar-refractivity contribution >= 4 is 5.97 Å². The first kappa shape index (κ1) is 16.8. The molecule has 0 saturated heterocycles. The Hall–Kier alpha value is -1.21. The molecule has 0 amide bonds. The van der Waals surface area contributed by atoms with Crippen molar-refractivity contribution in [2.45, 2.75) is 32.6 Å². The highest BCUT2D eigenvalue weighted by atomic mass is 19.4. The summed E-state index contributed by atoms with van der Waals surface area (Å²) >= 11 is 0. The summed E-state index contributed by atoms with van der Waals surface area (Å²) < 4.78 is 79.6. The molecule has 0 bridgehead atoms. The molecule has 8 heteroatoms. The summed E-state index contributed by atoms with van der Waals surface area (Å²) in [5, 5.41) is 0. The summed E-state index contributed by atoms with van der Waals surface area (Å²) in [6.07, 6.45) is -12.4. The van der Waals surface area contributed by atoms with Crippen molar-refractivity contribution in [1.82, 2.24) is 0 Å². The lowest BCUT2D eigenvalue weighted by Crippen LogP contribution is -2.53. The Kier molecular flexibility index (Phi) is 4.84. The van der Waals surface area contributed by atoms with E-state index in [4.69, 9.17) is 0 Å². The van der Waals surface area contributed by atoms with E-state index < -0.39 is 36.8 Å². The second kappa shape index (κ2) is 5.19. The van der Waals surface area contributed by atoms with Crippen LogP contribution in [0.5, 0.6) is 0 Å². The average molecular weight is 278 g/mol. The zero-order chi connectivity index (χ0) is 14.8. The molecule has 0 saturated carbocycles. The van der Waals surface area contributed by atoms with E-state index in [1.54, 1.807) is 0 Å². The molecule has 0 aliphatic heterocycles. The molecule has 106 valence electrons. The summed E-state index contributed by atoms with van der Waals surface area (Å²) in [6.45, 7) is 3.12. The molecule has 2 nitrogen and oxygen atoms in total. The Morgan fingerprint density at radius 1 is 1.11 bits per heavy atom. The van der Waals surface area contributed by atoms with Crippen LogP contribution in [0.3, 0.4) is 0 Å². The van der Waals surface area contributed by atoms with Gasteiger partial charge in [0.05, 0.1) is 0 Å². The van der Waals surface area contributed by atoms with Gasteiger partial charge in [-0.15, -0.1) is 0 Å². The predicted molar refractivity (Wildman–Crippen MR) is 50.6 cm³/mol. The maximum absolute atomic E-state index is 12.6. The van der Waals surface area contributed by atoms with Gasteiger partial charge in [-0.2, -0.15) is 26.3 Å². The monoisotopic (exact) mass is 278 g/mol. The first-order chi connectivity index (χ1) is 7.89. The fourth-order valence-electron chi connectivity index (χ4n) is 1.14. The summed E-state index contributed by atoms with van der Waals surface area (Å²) in [6, 6.07) is 0. The number of hydrogen-bond acceptors (Lipinski definition) is 2. The Balaban J connectivity index is 5.25. The van der Waals surface area contributed by atoms with Crippen LogP contribution in [0.25, 0.3) is 0 Å². The fraction of sp³-hybridized carbons (Fsp3) is 0.700. The topological polar surface area (TPSA) is 26.3 Å². The quantitative estimate of drug-likeness (QED) is 0.446. The maximum atomic E-state index is 12.6. The van der Waals surface area contributed by atoms with Crippen LogP contribution >= 0.6 is 0 Å². The van der Waals surface area contributed by atoms with Crippen LogP contribution in [-0.2, 0) is 9.53 Å². The number of alkyl halides is 6. The van der Waals surface area contributed by atoms with E-state index in [0.29, 0.717) is 0 Å². The summed E-state index contributed by atoms with van der Waals surface area (Å²) in [5.41, 5.74) is -4.32. The molecule has 0 N–H and O–H groups in total. The molecule has 0 aromatic heterocycles. The molecule has 0 fully saturated rings. The van der Waals surface area contributed by atoms with Gasteiger partial charge < -0.3 is 4.74 Å². The first-order valence-electron chi connectivity index (χ1n) is 4.85. The zero-order valence-corrected chi connectivity index (χ0v) is 9.71. The van der Waals surface area contributed by atoms with Gasteiger partial charge in [0.25, 0.3) is 0 Å². The van der Waals surface area contributed by atoms with Crippen LogP contribution in [0, 0.1) is 5.41 Å². The van der Waals surface area contributed by atoms with E-state index >= 15 is 0 Å². The van der Waals surface area contributed by atoms with E-state index in [1.165, 1.54) is 0 Å². The Morgan fingerprint density at radius 2 is 1.50 bits per heavy atom. The van der Waals surface area contributed by atoms with Gasteiger partial charge in [-0.25, -0.2) is 4.79 Å². The molecule has 0 radical (unpaired) electrons. The summed E-state index contributed by atoms with van der Waals surface area (Å²) in [5.74, 6) is -1.29. The molecule has 0 aliphatic rings. The zero-order valence-electron chi connectivity index (χ0n) is 9.71. The number of carbonyl (C=O) groups is 1. The SMILES string of the molecule is C=C(C)C(=O)OCC(CC)(C(F)(F)F)C(F)(F)F. The predicted octanol–water partition coefficient (Wildman–Crippen LogP) is 3.63. The molecule has 0 heterocycles. The minimum Gasteiger partial charge on any atom is -0.461 e. The summed E-state index contributed by atoms with van der Waals surface area (Å²) in [4.78, 5) is 10.9. The maximum Gasteiger partial charge on any atom is 0.406 e. The van der Waals surface area contributed by atoms with E-state index in [1.807, 2.05) is 0 Å².